The van der Waals surface area contributed by atoms with Crippen molar-refractivity contribution in [2.75, 3.05) is 0 Å². The van der Waals surface area contributed by atoms with Crippen LogP contribution in [0.2, 0.25) is 0 Å². The Hall–Kier alpha value is -1.54. The normalized spacial score (nSPS) is 12.9. The lowest BCUT2D eigenvalue weighted by Crippen LogP contribution is -2.21. The molecule has 0 spiro atoms. The molecule has 0 aliphatic rings. The largest absolute Gasteiger partial charge is 0.416 e. The van der Waals surface area contributed by atoms with Crippen molar-refractivity contribution in [3.8, 4) is 11.1 Å². The van der Waals surface area contributed by atoms with E-state index in [2.05, 4.69) is 0 Å². The molecule has 1 nitrogen and oxygen atoms in total. The van der Waals surface area contributed by atoms with E-state index in [1.54, 1.807) is 0 Å². The van der Waals surface area contributed by atoms with Crippen LogP contribution in [0, 0.1) is 0 Å². The zero-order chi connectivity index (χ0) is 18.1. The Morgan fingerprint density at radius 3 is 1.79 bits per heavy atom. The standard InChI is InChI=1S/C19H22F3OP/c1-13(2)24(23,14(3)4)18-8-6-5-7-17(18)15-9-11-16(12-10-15)19(20,21)22/h5-14H,1-4H3. The van der Waals surface area contributed by atoms with Gasteiger partial charge in [-0.25, -0.2) is 0 Å². The maximum atomic E-state index is 13.7. The molecule has 130 valence electrons. The summed E-state index contributed by atoms with van der Waals surface area (Å²) >= 11 is 0. The van der Waals surface area contributed by atoms with Crippen molar-refractivity contribution in [1.82, 2.24) is 0 Å². The van der Waals surface area contributed by atoms with Crippen LogP contribution in [0.15, 0.2) is 48.5 Å². The molecule has 0 saturated heterocycles. The second-order valence-corrected chi connectivity index (χ2v) is 10.5. The molecule has 0 fully saturated rings. The molecular formula is C19H22F3OP. The summed E-state index contributed by atoms with van der Waals surface area (Å²) in [5, 5.41) is 0.745. The van der Waals surface area contributed by atoms with Crippen LogP contribution in [0.4, 0.5) is 13.2 Å². The molecule has 0 aliphatic carbocycles. The van der Waals surface area contributed by atoms with Crippen LogP contribution in [-0.2, 0) is 10.7 Å². The van der Waals surface area contributed by atoms with E-state index in [1.165, 1.54) is 12.1 Å². The van der Waals surface area contributed by atoms with E-state index < -0.39 is 18.9 Å². The van der Waals surface area contributed by atoms with Gasteiger partial charge < -0.3 is 4.57 Å². The topological polar surface area (TPSA) is 17.1 Å². The molecule has 0 N–H and O–H groups in total. The summed E-state index contributed by atoms with van der Waals surface area (Å²) in [5.74, 6) is 0. The maximum Gasteiger partial charge on any atom is 0.416 e. The fraction of sp³-hybridized carbons (Fsp3) is 0.368. The Morgan fingerprint density at radius 1 is 0.833 bits per heavy atom. The highest BCUT2D eigenvalue weighted by molar-refractivity contribution is 7.73. The van der Waals surface area contributed by atoms with Gasteiger partial charge in [-0.3, -0.25) is 0 Å². The van der Waals surface area contributed by atoms with Gasteiger partial charge >= 0.3 is 6.18 Å². The molecule has 0 unspecified atom stereocenters. The van der Waals surface area contributed by atoms with Crippen LogP contribution >= 0.6 is 7.14 Å². The molecule has 24 heavy (non-hydrogen) atoms. The number of rotatable bonds is 4. The first kappa shape index (κ1) is 18.8. The molecule has 0 bridgehead atoms. The van der Waals surface area contributed by atoms with Crippen LogP contribution in [0.25, 0.3) is 11.1 Å². The number of alkyl halides is 3. The van der Waals surface area contributed by atoms with Crippen LogP contribution in [0.5, 0.6) is 0 Å². The van der Waals surface area contributed by atoms with Gasteiger partial charge in [-0.1, -0.05) is 64.1 Å². The summed E-state index contributed by atoms with van der Waals surface area (Å²) in [4.78, 5) is 0. The summed E-state index contributed by atoms with van der Waals surface area (Å²) in [6.45, 7) is 7.74. The highest BCUT2D eigenvalue weighted by atomic mass is 31.2. The predicted octanol–water partition coefficient (Wildman–Crippen LogP) is 6.18. The Morgan fingerprint density at radius 2 is 1.33 bits per heavy atom. The quantitative estimate of drug-likeness (QED) is 0.599. The van der Waals surface area contributed by atoms with Crippen molar-refractivity contribution < 1.29 is 17.7 Å². The molecule has 0 aliphatic heterocycles. The first-order chi connectivity index (χ1) is 11.1. The van der Waals surface area contributed by atoms with Gasteiger partial charge in [0.15, 0.2) is 0 Å². The minimum atomic E-state index is -4.36. The first-order valence-electron chi connectivity index (χ1n) is 7.95. The third-order valence-electron chi connectivity index (χ3n) is 4.34. The lowest BCUT2D eigenvalue weighted by atomic mass is 10.0. The van der Waals surface area contributed by atoms with Crippen LogP contribution in [0.1, 0.15) is 33.3 Å². The van der Waals surface area contributed by atoms with E-state index >= 15 is 0 Å². The van der Waals surface area contributed by atoms with E-state index in [0.29, 0.717) is 5.56 Å². The van der Waals surface area contributed by atoms with Crippen molar-refractivity contribution in [2.24, 2.45) is 0 Å². The van der Waals surface area contributed by atoms with Crippen LogP contribution in [-0.4, -0.2) is 11.3 Å². The van der Waals surface area contributed by atoms with Gasteiger partial charge in [-0.2, -0.15) is 13.2 Å². The Balaban J connectivity index is 2.60. The summed E-state index contributed by atoms with van der Waals surface area (Å²) in [7, 11) is -2.69. The van der Waals surface area contributed by atoms with Gasteiger partial charge in [-0.05, 0) is 23.3 Å². The summed E-state index contributed by atoms with van der Waals surface area (Å²) in [5.41, 5.74) is 0.651. The highest BCUT2D eigenvalue weighted by Crippen LogP contribution is 2.55. The van der Waals surface area contributed by atoms with Crippen molar-refractivity contribution >= 4 is 12.4 Å². The van der Waals surface area contributed by atoms with Gasteiger partial charge in [0.2, 0.25) is 0 Å². The molecule has 0 radical (unpaired) electrons. The fourth-order valence-electron chi connectivity index (χ4n) is 3.01. The molecular weight excluding hydrogens is 332 g/mol. The number of hydrogen-bond acceptors (Lipinski definition) is 1. The second-order valence-electron chi connectivity index (χ2n) is 6.49. The lowest BCUT2D eigenvalue weighted by Gasteiger charge is -2.28. The molecule has 0 atom stereocenters. The van der Waals surface area contributed by atoms with Crippen molar-refractivity contribution in [1.29, 1.82) is 0 Å². The average Bonchev–Trinajstić information content (AvgIpc) is 2.53. The molecule has 2 aromatic carbocycles. The Kier molecular flexibility index (Phi) is 5.29. The number of benzene rings is 2. The van der Waals surface area contributed by atoms with Crippen molar-refractivity contribution in [2.45, 2.75) is 45.2 Å². The number of halogens is 3. The monoisotopic (exact) mass is 354 g/mol. The van der Waals surface area contributed by atoms with Crippen molar-refractivity contribution in [3.63, 3.8) is 0 Å². The lowest BCUT2D eigenvalue weighted by molar-refractivity contribution is -0.137. The van der Waals surface area contributed by atoms with Crippen LogP contribution < -0.4 is 5.30 Å². The average molecular weight is 354 g/mol. The third-order valence-corrected chi connectivity index (χ3v) is 8.55. The summed E-state index contributed by atoms with van der Waals surface area (Å²) in [6.07, 6.45) is -4.36. The Labute approximate surface area is 141 Å². The van der Waals surface area contributed by atoms with Gasteiger partial charge in [-0.15, -0.1) is 0 Å². The zero-order valence-corrected chi connectivity index (χ0v) is 15.2. The van der Waals surface area contributed by atoms with Gasteiger partial charge in [0.1, 0.15) is 7.14 Å². The van der Waals surface area contributed by atoms with Gasteiger partial charge in [0.05, 0.1) is 5.56 Å². The molecule has 5 heteroatoms. The maximum absolute atomic E-state index is 13.7. The summed E-state index contributed by atoms with van der Waals surface area (Å²) < 4.78 is 51.9. The second kappa shape index (κ2) is 6.76. The molecule has 2 aromatic rings. The summed E-state index contributed by atoms with van der Waals surface area (Å²) in [6, 6.07) is 12.4. The first-order valence-corrected chi connectivity index (χ1v) is 9.79. The van der Waals surface area contributed by atoms with E-state index in [4.69, 9.17) is 0 Å². The predicted molar refractivity (Wildman–Crippen MR) is 94.4 cm³/mol. The van der Waals surface area contributed by atoms with Gasteiger partial charge in [0.25, 0.3) is 0 Å². The smallest absolute Gasteiger partial charge is 0.318 e. The van der Waals surface area contributed by atoms with E-state index in [0.717, 1.165) is 23.0 Å². The molecule has 0 amide bonds. The fourth-order valence-corrected chi connectivity index (χ4v) is 6.22. The van der Waals surface area contributed by atoms with E-state index in [1.807, 2.05) is 52.0 Å². The van der Waals surface area contributed by atoms with E-state index in [-0.39, 0.29) is 11.3 Å². The Bertz CT molecular complexity index is 734. The minimum Gasteiger partial charge on any atom is -0.318 e. The van der Waals surface area contributed by atoms with Crippen molar-refractivity contribution in [3.05, 3.63) is 54.1 Å². The molecule has 2 rings (SSSR count). The zero-order valence-electron chi connectivity index (χ0n) is 14.3. The van der Waals surface area contributed by atoms with Crippen LogP contribution in [0.3, 0.4) is 0 Å². The number of hydrogen-bond donors (Lipinski definition) is 0. The highest BCUT2D eigenvalue weighted by Gasteiger charge is 2.35. The third kappa shape index (κ3) is 3.44. The minimum absolute atomic E-state index is 0.0342. The van der Waals surface area contributed by atoms with Gasteiger partial charge in [0, 0.05) is 16.6 Å². The SMILES string of the molecule is CC(C)P(=O)(c1ccccc1-c1ccc(C(F)(F)F)cc1)C(C)C. The molecule has 0 heterocycles. The molecule has 0 saturated carbocycles. The van der Waals surface area contributed by atoms with E-state index in [9.17, 15) is 17.7 Å². The molecule has 0 aromatic heterocycles.